The van der Waals surface area contributed by atoms with Crippen molar-refractivity contribution in [1.82, 2.24) is 4.90 Å². The number of anilines is 2. The number of nitrogens with one attached hydrogen (secondary N) is 2. The molecule has 0 unspecified atom stereocenters. The summed E-state index contributed by atoms with van der Waals surface area (Å²) in [6.45, 7) is 3.82. The summed E-state index contributed by atoms with van der Waals surface area (Å²) in [5, 5.41) is 4.92. The first-order valence-electron chi connectivity index (χ1n) is 12.2. The molecule has 1 aliphatic rings. The van der Waals surface area contributed by atoms with Gasteiger partial charge in [0.25, 0.3) is 17.1 Å². The first-order valence-corrected chi connectivity index (χ1v) is 13.0. The van der Waals surface area contributed by atoms with E-state index in [2.05, 4.69) is 10.6 Å². The molecule has 0 saturated carbocycles. The maximum absolute atomic E-state index is 12.8. The van der Waals surface area contributed by atoms with Gasteiger partial charge in [-0.05, 0) is 85.8 Å². The minimum Gasteiger partial charge on any atom is -0.494 e. The van der Waals surface area contributed by atoms with E-state index in [0.29, 0.717) is 35.0 Å². The molecular formula is C29H27N3O6S. The number of aryl methyl sites for hydroxylation is 1. The van der Waals surface area contributed by atoms with Crippen molar-refractivity contribution in [2.24, 2.45) is 0 Å². The zero-order valence-electron chi connectivity index (χ0n) is 21.4. The van der Waals surface area contributed by atoms with Crippen molar-refractivity contribution in [3.8, 4) is 11.5 Å². The zero-order valence-corrected chi connectivity index (χ0v) is 22.2. The fourth-order valence-corrected chi connectivity index (χ4v) is 4.41. The lowest BCUT2D eigenvalue weighted by atomic mass is 10.2. The van der Waals surface area contributed by atoms with Crippen LogP contribution in [0.25, 0.3) is 6.08 Å². The number of hydrogen-bond donors (Lipinski definition) is 2. The van der Waals surface area contributed by atoms with Gasteiger partial charge in [0.05, 0.1) is 11.5 Å². The maximum Gasteiger partial charge on any atom is 0.294 e. The van der Waals surface area contributed by atoms with Gasteiger partial charge in [0, 0.05) is 11.4 Å². The first kappa shape index (κ1) is 27.5. The van der Waals surface area contributed by atoms with Crippen LogP contribution in [0.15, 0.2) is 77.7 Å². The van der Waals surface area contributed by atoms with Crippen LogP contribution in [0.4, 0.5) is 16.2 Å². The van der Waals surface area contributed by atoms with E-state index in [0.717, 1.165) is 22.2 Å². The standard InChI is InChI=1S/C29H27N3O6S/c1-3-37-23-14-10-22(11-15-23)30-26(33)17-32-28(35)25(39-29(32)36)16-20-6-12-24(13-7-20)38-18-27(34)31-21-8-4-19(2)5-9-21/h4-16H,3,17-18H2,1-2H3,(H,30,33)(H,31,34)/b25-16+. The van der Waals surface area contributed by atoms with Gasteiger partial charge in [-0.25, -0.2) is 0 Å². The van der Waals surface area contributed by atoms with Gasteiger partial charge < -0.3 is 20.1 Å². The van der Waals surface area contributed by atoms with E-state index in [1.807, 2.05) is 38.1 Å². The van der Waals surface area contributed by atoms with Crippen LogP contribution in [0.3, 0.4) is 0 Å². The lowest BCUT2D eigenvalue weighted by Crippen LogP contribution is -2.36. The molecule has 0 aromatic heterocycles. The van der Waals surface area contributed by atoms with E-state index in [9.17, 15) is 19.2 Å². The van der Waals surface area contributed by atoms with Gasteiger partial charge in [-0.3, -0.25) is 24.1 Å². The van der Waals surface area contributed by atoms with Crippen LogP contribution >= 0.6 is 11.8 Å². The van der Waals surface area contributed by atoms with E-state index < -0.39 is 23.6 Å². The molecular weight excluding hydrogens is 518 g/mol. The molecule has 0 bridgehead atoms. The van der Waals surface area contributed by atoms with E-state index in [1.54, 1.807) is 54.6 Å². The summed E-state index contributed by atoms with van der Waals surface area (Å²) in [6, 6.07) is 21.0. The number of ether oxygens (including phenoxy) is 2. The molecule has 0 radical (unpaired) electrons. The van der Waals surface area contributed by atoms with Gasteiger partial charge in [0.2, 0.25) is 5.91 Å². The molecule has 4 amide bonds. The van der Waals surface area contributed by atoms with Crippen molar-refractivity contribution in [3.63, 3.8) is 0 Å². The first-order chi connectivity index (χ1) is 18.8. The van der Waals surface area contributed by atoms with Crippen LogP contribution in [0.1, 0.15) is 18.1 Å². The monoisotopic (exact) mass is 545 g/mol. The Morgan fingerprint density at radius 3 is 2.03 bits per heavy atom. The van der Waals surface area contributed by atoms with Crippen molar-refractivity contribution in [3.05, 3.63) is 88.8 Å². The number of amides is 4. The van der Waals surface area contributed by atoms with E-state index >= 15 is 0 Å². The highest BCUT2D eigenvalue weighted by atomic mass is 32.2. The van der Waals surface area contributed by atoms with Crippen LogP contribution in [0.5, 0.6) is 11.5 Å². The Balaban J connectivity index is 1.28. The van der Waals surface area contributed by atoms with Gasteiger partial charge in [-0.1, -0.05) is 29.8 Å². The Kier molecular flexibility index (Phi) is 9.01. The molecule has 1 heterocycles. The van der Waals surface area contributed by atoms with E-state index in [-0.39, 0.29) is 17.4 Å². The Morgan fingerprint density at radius 1 is 0.821 bits per heavy atom. The van der Waals surface area contributed by atoms with Crippen molar-refractivity contribution in [2.75, 3.05) is 30.4 Å². The molecule has 0 atom stereocenters. The normalized spacial score (nSPS) is 13.9. The maximum atomic E-state index is 12.8. The summed E-state index contributed by atoms with van der Waals surface area (Å²) in [6.07, 6.45) is 1.57. The summed E-state index contributed by atoms with van der Waals surface area (Å²) in [5.74, 6) is -0.168. The van der Waals surface area contributed by atoms with Crippen LogP contribution < -0.4 is 20.1 Å². The van der Waals surface area contributed by atoms with Gasteiger partial charge >= 0.3 is 0 Å². The van der Waals surface area contributed by atoms with Gasteiger partial charge in [0.15, 0.2) is 6.61 Å². The summed E-state index contributed by atoms with van der Waals surface area (Å²) in [4.78, 5) is 50.9. The molecule has 1 fully saturated rings. The molecule has 0 aliphatic carbocycles. The molecule has 9 nitrogen and oxygen atoms in total. The van der Waals surface area contributed by atoms with Crippen molar-refractivity contribution in [1.29, 1.82) is 0 Å². The number of rotatable bonds is 10. The molecule has 39 heavy (non-hydrogen) atoms. The second-order valence-electron chi connectivity index (χ2n) is 8.55. The molecule has 200 valence electrons. The molecule has 4 rings (SSSR count). The third kappa shape index (κ3) is 7.71. The molecule has 1 saturated heterocycles. The highest BCUT2D eigenvalue weighted by Crippen LogP contribution is 2.32. The van der Waals surface area contributed by atoms with Gasteiger partial charge in [-0.2, -0.15) is 0 Å². The zero-order chi connectivity index (χ0) is 27.8. The van der Waals surface area contributed by atoms with Crippen LogP contribution in [0, 0.1) is 6.92 Å². The number of thioether (sulfide) groups is 1. The Morgan fingerprint density at radius 2 is 1.38 bits per heavy atom. The third-order valence-corrected chi connectivity index (χ3v) is 6.41. The second kappa shape index (κ2) is 12.8. The average molecular weight is 546 g/mol. The number of carbonyl (C=O) groups is 4. The van der Waals surface area contributed by atoms with Crippen molar-refractivity contribution in [2.45, 2.75) is 13.8 Å². The summed E-state index contributed by atoms with van der Waals surface area (Å²) in [5.41, 5.74) is 2.98. The number of imide groups is 1. The smallest absolute Gasteiger partial charge is 0.294 e. The average Bonchev–Trinajstić information content (AvgIpc) is 3.18. The number of hydrogen-bond acceptors (Lipinski definition) is 7. The Bertz CT molecular complexity index is 1390. The minimum absolute atomic E-state index is 0.162. The van der Waals surface area contributed by atoms with E-state index in [1.165, 1.54) is 0 Å². The predicted molar refractivity (Wildman–Crippen MR) is 151 cm³/mol. The minimum atomic E-state index is -0.542. The number of carbonyl (C=O) groups excluding carboxylic acids is 4. The molecule has 10 heteroatoms. The summed E-state index contributed by atoms with van der Waals surface area (Å²) >= 11 is 0.770. The lowest BCUT2D eigenvalue weighted by molar-refractivity contribution is -0.127. The highest BCUT2D eigenvalue weighted by Gasteiger charge is 2.36. The third-order valence-electron chi connectivity index (χ3n) is 5.51. The van der Waals surface area contributed by atoms with Crippen LogP contribution in [0.2, 0.25) is 0 Å². The quantitative estimate of drug-likeness (QED) is 0.341. The van der Waals surface area contributed by atoms with Crippen LogP contribution in [-0.2, 0) is 14.4 Å². The fraction of sp³-hybridized carbons (Fsp3) is 0.172. The number of nitrogens with zero attached hydrogens (tertiary/aromatic N) is 1. The second-order valence-corrected chi connectivity index (χ2v) is 9.54. The van der Waals surface area contributed by atoms with Gasteiger partial charge in [-0.15, -0.1) is 0 Å². The Labute approximate surface area is 230 Å². The van der Waals surface area contributed by atoms with Gasteiger partial charge in [0.1, 0.15) is 18.0 Å². The summed E-state index contributed by atoms with van der Waals surface area (Å²) in [7, 11) is 0. The molecule has 3 aromatic rings. The molecule has 0 spiro atoms. The number of benzene rings is 3. The van der Waals surface area contributed by atoms with E-state index in [4.69, 9.17) is 9.47 Å². The summed E-state index contributed by atoms with van der Waals surface area (Å²) < 4.78 is 10.9. The molecule has 1 aliphatic heterocycles. The van der Waals surface area contributed by atoms with Crippen molar-refractivity contribution >= 4 is 52.2 Å². The topological polar surface area (TPSA) is 114 Å². The Hall–Kier alpha value is -4.57. The predicted octanol–water partition coefficient (Wildman–Crippen LogP) is 5.09. The highest BCUT2D eigenvalue weighted by molar-refractivity contribution is 8.18. The molecule has 3 aromatic carbocycles. The molecule has 2 N–H and O–H groups in total. The fourth-order valence-electron chi connectivity index (χ4n) is 3.58. The SMILES string of the molecule is CCOc1ccc(NC(=O)CN2C(=O)S/C(=C/c3ccc(OCC(=O)Nc4ccc(C)cc4)cc3)C2=O)cc1. The lowest BCUT2D eigenvalue weighted by Gasteiger charge is -2.12. The van der Waals surface area contributed by atoms with Crippen molar-refractivity contribution < 1.29 is 28.7 Å². The van der Waals surface area contributed by atoms with Crippen LogP contribution in [-0.4, -0.2) is 47.6 Å². The largest absolute Gasteiger partial charge is 0.494 e.